The Morgan fingerprint density at radius 3 is 2.36 bits per heavy atom. The molecule has 2 aromatic carbocycles. The predicted octanol–water partition coefficient (Wildman–Crippen LogP) is 3.75. The second-order valence-corrected chi connectivity index (χ2v) is 6.62. The van der Waals surface area contributed by atoms with Crippen molar-refractivity contribution in [2.24, 2.45) is 0 Å². The second-order valence-electron chi connectivity index (χ2n) is 5.81. The highest BCUT2D eigenvalue weighted by Gasteiger charge is 2.57. The number of fused-ring (bicyclic) bond motifs is 2. The maximum Gasteiger partial charge on any atom is 0.292 e. The van der Waals surface area contributed by atoms with Crippen LogP contribution in [0.25, 0.3) is 0 Å². The average molecular weight is 380 g/mol. The molecule has 0 aliphatic carbocycles. The van der Waals surface area contributed by atoms with Gasteiger partial charge in [-0.25, -0.2) is 0 Å². The lowest BCUT2D eigenvalue weighted by molar-refractivity contribution is -0.180. The Hall–Kier alpha value is -1.79. The summed E-state index contributed by atoms with van der Waals surface area (Å²) < 4.78 is 16.6. The number of amides is 1. The molecule has 1 amide bonds. The van der Waals surface area contributed by atoms with Gasteiger partial charge in [0.2, 0.25) is 0 Å². The zero-order valence-electron chi connectivity index (χ0n) is 13.4. The monoisotopic (exact) mass is 379 g/mol. The minimum absolute atomic E-state index is 0.314. The number of hydrogen-bond acceptors (Lipinski definition) is 4. The second kappa shape index (κ2) is 6.18. The molecule has 130 valence electrons. The molecule has 0 unspecified atom stereocenters. The van der Waals surface area contributed by atoms with E-state index in [2.05, 4.69) is 0 Å². The zero-order valence-corrected chi connectivity index (χ0v) is 14.9. The van der Waals surface area contributed by atoms with Gasteiger partial charge < -0.3 is 19.1 Å². The lowest BCUT2D eigenvalue weighted by atomic mass is 10.1. The molecule has 2 aromatic rings. The number of benzene rings is 2. The summed E-state index contributed by atoms with van der Waals surface area (Å²) in [6.07, 6.45) is 0. The molecule has 4 rings (SSSR count). The third-order valence-corrected chi connectivity index (χ3v) is 5.02. The summed E-state index contributed by atoms with van der Waals surface area (Å²) in [7, 11) is 1.61. The molecule has 0 N–H and O–H groups in total. The third kappa shape index (κ3) is 2.50. The van der Waals surface area contributed by atoms with E-state index in [1.807, 2.05) is 24.3 Å². The van der Waals surface area contributed by atoms with Gasteiger partial charge in [0.15, 0.2) is 0 Å². The van der Waals surface area contributed by atoms with Crippen molar-refractivity contribution >= 4 is 34.8 Å². The van der Waals surface area contributed by atoms with E-state index in [-0.39, 0.29) is 5.91 Å². The molecule has 7 heteroatoms. The molecule has 0 aromatic heterocycles. The summed E-state index contributed by atoms with van der Waals surface area (Å²) in [5, 5.41) is 0.823. The Bertz CT molecular complexity index is 832. The maximum absolute atomic E-state index is 13.2. The number of methoxy groups -OCH3 is 1. The van der Waals surface area contributed by atoms with Gasteiger partial charge in [-0.05, 0) is 29.8 Å². The summed E-state index contributed by atoms with van der Waals surface area (Å²) in [4.78, 5) is 14.7. The standard InChI is InChI=1S/C18H15Cl2NO4/c1-23-12-4-2-11(3-5-12)10-21-16-14(20)7-6-13(19)15(16)18(17(21)22)24-8-9-25-18/h2-7H,8-10H2,1H3. The molecule has 1 saturated heterocycles. The minimum atomic E-state index is -1.50. The molecule has 1 spiro atoms. The van der Waals surface area contributed by atoms with Crippen LogP contribution >= 0.6 is 23.2 Å². The average Bonchev–Trinajstić information content (AvgIpc) is 3.20. The number of ether oxygens (including phenoxy) is 3. The van der Waals surface area contributed by atoms with E-state index < -0.39 is 5.79 Å². The van der Waals surface area contributed by atoms with E-state index in [0.29, 0.717) is 41.1 Å². The van der Waals surface area contributed by atoms with Gasteiger partial charge in [0.1, 0.15) is 5.75 Å². The van der Waals surface area contributed by atoms with Crippen molar-refractivity contribution < 1.29 is 19.0 Å². The van der Waals surface area contributed by atoms with Gasteiger partial charge >= 0.3 is 0 Å². The van der Waals surface area contributed by atoms with E-state index in [0.717, 1.165) is 11.3 Å². The molecule has 2 heterocycles. The van der Waals surface area contributed by atoms with Crippen LogP contribution in [0, 0.1) is 0 Å². The van der Waals surface area contributed by atoms with Crippen LogP contribution in [-0.2, 0) is 26.6 Å². The summed E-state index contributed by atoms with van der Waals surface area (Å²) in [6, 6.07) is 10.8. The molecule has 0 bridgehead atoms. The first-order valence-corrected chi connectivity index (χ1v) is 8.54. The van der Waals surface area contributed by atoms with E-state index in [1.54, 1.807) is 24.1 Å². The summed E-state index contributed by atoms with van der Waals surface area (Å²) >= 11 is 12.8. The molecule has 0 atom stereocenters. The van der Waals surface area contributed by atoms with Gasteiger partial charge in [-0.1, -0.05) is 35.3 Å². The van der Waals surface area contributed by atoms with Crippen LogP contribution in [0.2, 0.25) is 10.0 Å². The highest BCUT2D eigenvalue weighted by Crippen LogP contribution is 2.52. The van der Waals surface area contributed by atoms with Gasteiger partial charge in [-0.2, -0.15) is 0 Å². The fourth-order valence-electron chi connectivity index (χ4n) is 3.25. The first-order valence-electron chi connectivity index (χ1n) is 7.78. The largest absolute Gasteiger partial charge is 0.497 e. The molecular weight excluding hydrogens is 365 g/mol. The first-order chi connectivity index (χ1) is 12.1. The number of nitrogens with zero attached hydrogens (tertiary/aromatic N) is 1. The van der Waals surface area contributed by atoms with Crippen LogP contribution < -0.4 is 9.64 Å². The number of hydrogen-bond donors (Lipinski definition) is 0. The smallest absolute Gasteiger partial charge is 0.292 e. The van der Waals surface area contributed by atoms with E-state index >= 15 is 0 Å². The molecule has 1 fully saturated rings. The van der Waals surface area contributed by atoms with Crippen LogP contribution in [0.4, 0.5) is 5.69 Å². The van der Waals surface area contributed by atoms with Crippen molar-refractivity contribution in [2.45, 2.75) is 12.3 Å². The summed E-state index contributed by atoms with van der Waals surface area (Å²) in [5.41, 5.74) is 1.95. The van der Waals surface area contributed by atoms with Crippen molar-refractivity contribution in [2.75, 3.05) is 25.2 Å². The Labute approximate surface area is 155 Å². The number of rotatable bonds is 3. The Kier molecular flexibility index (Phi) is 4.12. The van der Waals surface area contributed by atoms with Crippen molar-refractivity contribution in [1.29, 1.82) is 0 Å². The zero-order chi connectivity index (χ0) is 17.6. The van der Waals surface area contributed by atoms with Crippen molar-refractivity contribution in [1.82, 2.24) is 0 Å². The highest BCUT2D eigenvalue weighted by atomic mass is 35.5. The lowest BCUT2D eigenvalue weighted by Crippen LogP contribution is -2.41. The summed E-state index contributed by atoms with van der Waals surface area (Å²) in [5.74, 6) is -1.06. The molecule has 0 saturated carbocycles. The maximum atomic E-state index is 13.2. The van der Waals surface area contributed by atoms with Gasteiger partial charge in [-0.3, -0.25) is 4.79 Å². The Balaban J connectivity index is 1.79. The number of carbonyl (C=O) groups is 1. The van der Waals surface area contributed by atoms with E-state index in [4.69, 9.17) is 37.4 Å². The van der Waals surface area contributed by atoms with E-state index in [9.17, 15) is 4.79 Å². The van der Waals surface area contributed by atoms with Crippen LogP contribution in [0.5, 0.6) is 5.75 Å². The Morgan fingerprint density at radius 2 is 1.72 bits per heavy atom. The fraction of sp³-hybridized carbons (Fsp3) is 0.278. The normalized spacial score (nSPS) is 18.0. The SMILES string of the molecule is COc1ccc(CN2C(=O)C3(OCCO3)c3c(Cl)ccc(Cl)c32)cc1. The highest BCUT2D eigenvalue weighted by molar-refractivity contribution is 6.38. The van der Waals surface area contributed by atoms with Crippen LogP contribution in [-0.4, -0.2) is 26.2 Å². The minimum Gasteiger partial charge on any atom is -0.497 e. The topological polar surface area (TPSA) is 48.0 Å². The van der Waals surface area contributed by atoms with Crippen molar-refractivity contribution in [3.63, 3.8) is 0 Å². The fourth-order valence-corrected chi connectivity index (χ4v) is 3.79. The van der Waals surface area contributed by atoms with Crippen LogP contribution in [0.1, 0.15) is 11.1 Å². The number of halogens is 2. The third-order valence-electron chi connectivity index (χ3n) is 4.40. The lowest BCUT2D eigenvalue weighted by Gasteiger charge is -2.22. The molecule has 2 aliphatic rings. The van der Waals surface area contributed by atoms with Crippen molar-refractivity contribution in [3.05, 3.63) is 57.6 Å². The van der Waals surface area contributed by atoms with E-state index in [1.165, 1.54) is 0 Å². The van der Waals surface area contributed by atoms with Gasteiger partial charge in [0.25, 0.3) is 11.7 Å². The summed E-state index contributed by atoms with van der Waals surface area (Å²) in [6.45, 7) is 0.971. The quantitative estimate of drug-likeness (QED) is 0.814. The van der Waals surface area contributed by atoms with Gasteiger partial charge in [0, 0.05) is 0 Å². The first kappa shape index (κ1) is 16.7. The number of carbonyl (C=O) groups excluding carboxylic acids is 1. The van der Waals surface area contributed by atoms with Crippen LogP contribution in [0.15, 0.2) is 36.4 Å². The van der Waals surface area contributed by atoms with Gasteiger partial charge in [-0.15, -0.1) is 0 Å². The molecule has 0 radical (unpaired) electrons. The molecule has 25 heavy (non-hydrogen) atoms. The molecule has 5 nitrogen and oxygen atoms in total. The predicted molar refractivity (Wildman–Crippen MR) is 94.2 cm³/mol. The molecule has 2 aliphatic heterocycles. The van der Waals surface area contributed by atoms with Crippen molar-refractivity contribution in [3.8, 4) is 5.75 Å². The molecular formula is C18H15Cl2NO4. The number of anilines is 1. The van der Waals surface area contributed by atoms with Crippen LogP contribution in [0.3, 0.4) is 0 Å². The van der Waals surface area contributed by atoms with Gasteiger partial charge in [0.05, 0.1) is 48.2 Å². The Morgan fingerprint density at radius 1 is 1.08 bits per heavy atom.